The van der Waals surface area contributed by atoms with Crippen molar-refractivity contribution in [2.75, 3.05) is 26.4 Å². The van der Waals surface area contributed by atoms with Crippen molar-refractivity contribution in [3.8, 4) is 0 Å². The second kappa shape index (κ2) is 19.4. The maximum absolute atomic E-state index is 12.3. The van der Waals surface area contributed by atoms with E-state index in [-0.39, 0.29) is 30.8 Å². The van der Waals surface area contributed by atoms with Gasteiger partial charge in [-0.3, -0.25) is 4.79 Å². The average molecular weight is 658 g/mol. The molecule has 0 aromatic carbocycles. The van der Waals surface area contributed by atoms with Gasteiger partial charge in [-0.25, -0.2) is 0 Å². The molecule has 7 heteroatoms. The van der Waals surface area contributed by atoms with Crippen LogP contribution in [0.5, 0.6) is 0 Å². The van der Waals surface area contributed by atoms with E-state index in [1.807, 2.05) is 27.7 Å². The van der Waals surface area contributed by atoms with Crippen LogP contribution in [0.1, 0.15) is 131 Å². The zero-order valence-electron chi connectivity index (χ0n) is 30.6. The van der Waals surface area contributed by atoms with E-state index in [2.05, 4.69) is 37.9 Å². The van der Waals surface area contributed by atoms with Crippen molar-refractivity contribution in [2.45, 2.75) is 155 Å². The first-order valence-corrected chi connectivity index (χ1v) is 18.7. The Morgan fingerprint density at radius 1 is 1.06 bits per heavy atom. The molecule has 268 valence electrons. The fraction of sp³-hybridized carbons (Fsp3) is 0.800. The van der Waals surface area contributed by atoms with Crippen LogP contribution in [0.2, 0.25) is 0 Å². The van der Waals surface area contributed by atoms with Crippen LogP contribution in [0.15, 0.2) is 35.5 Å². The lowest BCUT2D eigenvalue weighted by atomic mass is 9.60. The van der Waals surface area contributed by atoms with E-state index in [1.54, 1.807) is 5.57 Å². The number of aldehydes is 1. The predicted molar refractivity (Wildman–Crippen MR) is 190 cm³/mol. The largest absolute Gasteiger partial charge is 0.390 e. The molecule has 47 heavy (non-hydrogen) atoms. The van der Waals surface area contributed by atoms with Gasteiger partial charge in [0.2, 0.25) is 5.91 Å². The molecular weight excluding hydrogens is 590 g/mol. The van der Waals surface area contributed by atoms with Crippen LogP contribution in [0.25, 0.3) is 0 Å². The maximum Gasteiger partial charge on any atom is 0.222 e. The van der Waals surface area contributed by atoms with Gasteiger partial charge >= 0.3 is 0 Å². The number of carbonyl (C=O) groups excluding carboxylic acids is 2. The van der Waals surface area contributed by atoms with Gasteiger partial charge in [0.1, 0.15) is 12.9 Å². The number of hydrogen-bond acceptors (Lipinski definition) is 6. The van der Waals surface area contributed by atoms with E-state index in [4.69, 9.17) is 14.2 Å². The third kappa shape index (κ3) is 13.2. The van der Waals surface area contributed by atoms with Crippen LogP contribution in [0, 0.1) is 23.2 Å². The molecule has 3 aliphatic carbocycles. The number of carbonyl (C=O) groups is 2. The maximum atomic E-state index is 12.3. The molecule has 0 bridgehead atoms. The van der Waals surface area contributed by atoms with Gasteiger partial charge in [-0.2, -0.15) is 0 Å². The fourth-order valence-corrected chi connectivity index (χ4v) is 8.46. The first kappa shape index (κ1) is 39.6. The Labute approximate surface area is 286 Å². The van der Waals surface area contributed by atoms with E-state index < -0.39 is 5.60 Å². The van der Waals surface area contributed by atoms with Gasteiger partial charge in [-0.05, 0) is 127 Å². The number of fused-ring (bicyclic) bond motifs is 1. The summed E-state index contributed by atoms with van der Waals surface area (Å²) >= 11 is 0. The molecule has 3 rings (SSSR count). The first-order chi connectivity index (χ1) is 22.3. The molecule has 7 atom stereocenters. The van der Waals surface area contributed by atoms with E-state index in [0.29, 0.717) is 49.9 Å². The Morgan fingerprint density at radius 3 is 2.60 bits per heavy atom. The minimum atomic E-state index is -0.563. The summed E-state index contributed by atoms with van der Waals surface area (Å²) in [5, 5.41) is 13.2. The Hall–Kier alpha value is -1.80. The van der Waals surface area contributed by atoms with Crippen molar-refractivity contribution >= 4 is 12.2 Å². The lowest BCUT2D eigenvalue weighted by Crippen LogP contribution is -2.36. The van der Waals surface area contributed by atoms with Gasteiger partial charge in [-0.1, -0.05) is 56.6 Å². The quantitative estimate of drug-likeness (QED) is 0.102. The number of hydrogen-bond donors (Lipinski definition) is 2. The molecule has 3 aliphatic rings. The van der Waals surface area contributed by atoms with Crippen LogP contribution in [-0.2, 0) is 23.8 Å². The topological polar surface area (TPSA) is 94.1 Å². The summed E-state index contributed by atoms with van der Waals surface area (Å²) in [6, 6.07) is 0. The molecule has 3 saturated carbocycles. The lowest BCUT2D eigenvalue weighted by molar-refractivity contribution is -0.124. The Bertz CT molecular complexity index is 1060. The summed E-state index contributed by atoms with van der Waals surface area (Å²) in [4.78, 5) is 22.7. The minimum absolute atomic E-state index is 0.0115. The van der Waals surface area contributed by atoms with Crippen LogP contribution >= 0.6 is 0 Å². The molecule has 0 spiro atoms. The number of rotatable bonds is 20. The molecule has 0 heterocycles. The molecule has 0 aromatic heterocycles. The lowest BCUT2D eigenvalue weighted by Gasteiger charge is -2.44. The molecule has 1 amide bonds. The number of nitrogens with one attached hydrogen (secondary N) is 1. The van der Waals surface area contributed by atoms with Crippen molar-refractivity contribution in [2.24, 2.45) is 23.2 Å². The van der Waals surface area contributed by atoms with Crippen LogP contribution in [0.3, 0.4) is 0 Å². The number of allylic oxidation sites excluding steroid dienone is 4. The van der Waals surface area contributed by atoms with Gasteiger partial charge in [0.05, 0.1) is 30.3 Å². The van der Waals surface area contributed by atoms with Crippen molar-refractivity contribution in [1.29, 1.82) is 0 Å². The predicted octanol–water partition coefficient (Wildman–Crippen LogP) is 8.05. The van der Waals surface area contributed by atoms with E-state index in [0.717, 1.165) is 50.7 Å². The number of aliphatic hydroxyl groups is 1. The molecule has 0 radical (unpaired) electrons. The number of ether oxygens (including phenoxy) is 3. The third-order valence-corrected chi connectivity index (χ3v) is 11.2. The molecular formula is C40H67NO6. The molecule has 3 fully saturated rings. The van der Waals surface area contributed by atoms with Crippen molar-refractivity contribution in [3.63, 3.8) is 0 Å². The standard InChI is InChI=1S/C40H67NO6/c1-29-13-16-35(47-24-10-22-41-38(43)27-32(4)45-25-19-31(3)46-26-23-42)28-34(29)15-14-33-12-9-21-40(7)36(17-18-37(33)40)30(2)11-8-20-39(5,6)44/h14-15,23,30-32,35-37,44H,1,8-13,16-22,24-28H2,2-7H3,(H,41,43)/b33-14+,34-15-/t30-,31?,32?,35+,36-,37+,40-/m1/s1. The highest BCUT2D eigenvalue weighted by Crippen LogP contribution is 2.60. The van der Waals surface area contributed by atoms with Crippen molar-refractivity contribution in [3.05, 3.63) is 35.5 Å². The monoisotopic (exact) mass is 657 g/mol. The van der Waals surface area contributed by atoms with Gasteiger partial charge in [0.25, 0.3) is 0 Å². The SMILES string of the molecule is C=C1CC[C@H](OCCCNC(=O)CC(C)OCCC(C)OCC=O)C/C1=C/C=C1\CCC[C@]2(C)[C@@H]([C@H](C)CCCC(C)(C)O)CC[C@@H]12. The van der Waals surface area contributed by atoms with Gasteiger partial charge in [0.15, 0.2) is 0 Å². The zero-order chi connectivity index (χ0) is 34.5. The van der Waals surface area contributed by atoms with E-state index >= 15 is 0 Å². The minimum Gasteiger partial charge on any atom is -0.390 e. The highest BCUT2D eigenvalue weighted by atomic mass is 16.5. The second-order valence-corrected chi connectivity index (χ2v) is 15.7. The summed E-state index contributed by atoms with van der Waals surface area (Å²) in [5.74, 6) is 2.14. The molecule has 0 aliphatic heterocycles. The fourth-order valence-electron chi connectivity index (χ4n) is 8.46. The third-order valence-electron chi connectivity index (χ3n) is 11.2. The van der Waals surface area contributed by atoms with Crippen LogP contribution in [-0.4, -0.2) is 67.6 Å². The normalized spacial score (nSPS) is 28.7. The average Bonchev–Trinajstić information content (AvgIpc) is 3.36. The summed E-state index contributed by atoms with van der Waals surface area (Å²) in [6.07, 6.45) is 19.9. The highest BCUT2D eigenvalue weighted by molar-refractivity contribution is 5.76. The van der Waals surface area contributed by atoms with E-state index in [1.165, 1.54) is 49.7 Å². The van der Waals surface area contributed by atoms with Crippen LogP contribution in [0.4, 0.5) is 0 Å². The van der Waals surface area contributed by atoms with Gasteiger partial charge in [-0.15, -0.1) is 0 Å². The Balaban J connectivity index is 1.39. The molecule has 7 nitrogen and oxygen atoms in total. The van der Waals surface area contributed by atoms with Crippen molar-refractivity contribution < 1.29 is 28.9 Å². The molecule has 0 saturated heterocycles. The van der Waals surface area contributed by atoms with E-state index in [9.17, 15) is 14.7 Å². The summed E-state index contributed by atoms with van der Waals surface area (Å²) in [5.41, 5.74) is 4.05. The molecule has 2 unspecified atom stereocenters. The molecule has 0 aromatic rings. The Morgan fingerprint density at radius 2 is 1.85 bits per heavy atom. The summed E-state index contributed by atoms with van der Waals surface area (Å²) < 4.78 is 17.3. The van der Waals surface area contributed by atoms with Crippen LogP contribution < -0.4 is 5.32 Å². The summed E-state index contributed by atoms with van der Waals surface area (Å²) in [6.45, 7) is 18.9. The van der Waals surface area contributed by atoms with Gasteiger partial charge < -0.3 is 29.4 Å². The highest BCUT2D eigenvalue weighted by Gasteiger charge is 2.50. The second-order valence-electron chi connectivity index (χ2n) is 15.7. The zero-order valence-corrected chi connectivity index (χ0v) is 30.6. The van der Waals surface area contributed by atoms with Gasteiger partial charge in [0, 0.05) is 19.8 Å². The Kier molecular flexibility index (Phi) is 16.4. The van der Waals surface area contributed by atoms with Crippen molar-refractivity contribution in [1.82, 2.24) is 5.32 Å². The smallest absolute Gasteiger partial charge is 0.222 e. The molecule has 2 N–H and O–H groups in total. The first-order valence-electron chi connectivity index (χ1n) is 18.7. The number of amides is 1. The summed E-state index contributed by atoms with van der Waals surface area (Å²) in [7, 11) is 0.